The number of carbonyl (C=O) groups excluding carboxylic acids is 1. The first-order chi connectivity index (χ1) is 12.1. The van der Waals surface area contributed by atoms with Gasteiger partial charge in [0.25, 0.3) is 0 Å². The number of thioether (sulfide) groups is 1. The molecule has 1 aromatic heterocycles. The summed E-state index contributed by atoms with van der Waals surface area (Å²) in [5.74, 6) is -0.0161. The van der Waals surface area contributed by atoms with Crippen molar-refractivity contribution in [1.82, 2.24) is 15.1 Å². The van der Waals surface area contributed by atoms with Gasteiger partial charge in [-0.25, -0.2) is 0 Å². The van der Waals surface area contributed by atoms with Gasteiger partial charge < -0.3 is 5.32 Å². The number of benzene rings is 1. The molecule has 5 nitrogen and oxygen atoms in total. The van der Waals surface area contributed by atoms with Crippen molar-refractivity contribution in [3.63, 3.8) is 0 Å². The predicted octanol–water partition coefficient (Wildman–Crippen LogP) is 4.03. The molecule has 2 unspecified atom stereocenters. The Kier molecular flexibility index (Phi) is 6.45. The van der Waals surface area contributed by atoms with Crippen molar-refractivity contribution in [2.24, 2.45) is 0 Å². The van der Waals surface area contributed by atoms with Crippen LogP contribution in [0, 0.1) is 0 Å². The molecule has 134 valence electrons. The van der Waals surface area contributed by atoms with E-state index in [4.69, 9.17) is 0 Å². The SMILES string of the molecule is CC(Sc1nncs1)C(=O)Nc1ccc(CN2CCCCC2C)cc1. The molecule has 2 aromatic rings. The Morgan fingerprint density at radius 2 is 2.20 bits per heavy atom. The van der Waals surface area contributed by atoms with Crippen LogP contribution in [-0.2, 0) is 11.3 Å². The monoisotopic (exact) mass is 376 g/mol. The van der Waals surface area contributed by atoms with Crippen molar-refractivity contribution in [1.29, 1.82) is 0 Å². The maximum atomic E-state index is 12.3. The highest BCUT2D eigenvalue weighted by molar-refractivity contribution is 8.02. The molecule has 0 spiro atoms. The van der Waals surface area contributed by atoms with Crippen molar-refractivity contribution in [3.05, 3.63) is 35.3 Å². The predicted molar refractivity (Wildman–Crippen MR) is 104 cm³/mol. The number of hydrogen-bond donors (Lipinski definition) is 1. The molecule has 7 heteroatoms. The van der Waals surface area contributed by atoms with Crippen LogP contribution < -0.4 is 5.32 Å². The summed E-state index contributed by atoms with van der Waals surface area (Å²) in [6.07, 6.45) is 3.93. The summed E-state index contributed by atoms with van der Waals surface area (Å²) >= 11 is 2.88. The number of hydrogen-bond acceptors (Lipinski definition) is 6. The Hall–Kier alpha value is -1.44. The summed E-state index contributed by atoms with van der Waals surface area (Å²) in [5.41, 5.74) is 3.81. The molecule has 0 saturated carbocycles. The minimum atomic E-state index is -0.207. The van der Waals surface area contributed by atoms with E-state index in [1.165, 1.54) is 54.5 Å². The first kappa shape index (κ1) is 18.4. The summed E-state index contributed by atoms with van der Waals surface area (Å²) in [6.45, 7) is 6.36. The van der Waals surface area contributed by atoms with Gasteiger partial charge in [-0.1, -0.05) is 41.7 Å². The number of likely N-dealkylation sites (tertiary alicyclic amines) is 1. The van der Waals surface area contributed by atoms with Crippen LogP contribution in [0.1, 0.15) is 38.7 Å². The van der Waals surface area contributed by atoms with Crippen molar-refractivity contribution in [3.8, 4) is 0 Å². The summed E-state index contributed by atoms with van der Waals surface area (Å²) < 4.78 is 0.814. The lowest BCUT2D eigenvalue weighted by molar-refractivity contribution is -0.115. The van der Waals surface area contributed by atoms with Crippen LogP contribution in [0.5, 0.6) is 0 Å². The highest BCUT2D eigenvalue weighted by Gasteiger charge is 2.18. The van der Waals surface area contributed by atoms with Crippen molar-refractivity contribution in [2.45, 2.75) is 55.3 Å². The molecule has 2 atom stereocenters. The zero-order chi connectivity index (χ0) is 17.6. The van der Waals surface area contributed by atoms with E-state index in [9.17, 15) is 4.79 Å². The number of nitrogens with one attached hydrogen (secondary N) is 1. The van der Waals surface area contributed by atoms with Crippen LogP contribution in [0.15, 0.2) is 34.1 Å². The summed E-state index contributed by atoms with van der Waals surface area (Å²) in [5, 5.41) is 10.5. The molecule has 1 aliphatic rings. The molecule has 1 N–H and O–H groups in total. The van der Waals surface area contributed by atoms with Gasteiger partial charge in [-0.05, 0) is 50.9 Å². The van der Waals surface area contributed by atoms with Gasteiger partial charge in [0.15, 0.2) is 4.34 Å². The first-order valence-electron chi connectivity index (χ1n) is 8.68. The quantitative estimate of drug-likeness (QED) is 0.771. The molecule has 25 heavy (non-hydrogen) atoms. The van der Waals surface area contributed by atoms with Gasteiger partial charge in [0.1, 0.15) is 5.51 Å². The second-order valence-corrected chi connectivity index (χ2v) is 8.89. The standard InChI is InChI=1S/C18H24N4OS2/c1-13-5-3-4-10-22(13)11-15-6-8-16(9-7-15)20-17(23)14(2)25-18-21-19-12-24-18/h6-9,12-14H,3-5,10-11H2,1-2H3,(H,20,23). The van der Waals surface area contributed by atoms with Crippen LogP contribution in [0.4, 0.5) is 5.69 Å². The van der Waals surface area contributed by atoms with E-state index in [0.717, 1.165) is 16.6 Å². The number of anilines is 1. The third-order valence-electron chi connectivity index (χ3n) is 4.53. The maximum absolute atomic E-state index is 12.3. The molecule has 0 radical (unpaired) electrons. The molecule has 0 aliphatic carbocycles. The fourth-order valence-corrected chi connectivity index (χ4v) is 4.61. The van der Waals surface area contributed by atoms with Gasteiger partial charge in [0.05, 0.1) is 5.25 Å². The van der Waals surface area contributed by atoms with Gasteiger partial charge in [0.2, 0.25) is 5.91 Å². The van der Waals surface area contributed by atoms with E-state index < -0.39 is 0 Å². The van der Waals surface area contributed by atoms with Crippen LogP contribution in [0.25, 0.3) is 0 Å². The summed E-state index contributed by atoms with van der Waals surface area (Å²) in [4.78, 5) is 14.8. The fraction of sp³-hybridized carbons (Fsp3) is 0.500. The second kappa shape index (κ2) is 8.78. The van der Waals surface area contributed by atoms with E-state index in [-0.39, 0.29) is 11.2 Å². The van der Waals surface area contributed by atoms with Gasteiger partial charge in [-0.15, -0.1) is 10.2 Å². The molecular formula is C18H24N4OS2. The van der Waals surface area contributed by atoms with Gasteiger partial charge in [-0.2, -0.15) is 0 Å². The molecule has 1 aromatic carbocycles. The van der Waals surface area contributed by atoms with Gasteiger partial charge in [0, 0.05) is 18.3 Å². The largest absolute Gasteiger partial charge is 0.325 e. The molecule has 3 rings (SSSR count). The lowest BCUT2D eigenvalue weighted by Crippen LogP contribution is -2.36. The summed E-state index contributed by atoms with van der Waals surface area (Å²) in [7, 11) is 0. The van der Waals surface area contributed by atoms with Crippen molar-refractivity contribution >= 4 is 34.7 Å². The van der Waals surface area contributed by atoms with E-state index in [2.05, 4.69) is 39.5 Å². The average molecular weight is 377 g/mol. The topological polar surface area (TPSA) is 58.1 Å². The average Bonchev–Trinajstić information content (AvgIpc) is 3.11. The number of rotatable bonds is 6. The highest BCUT2D eigenvalue weighted by Crippen LogP contribution is 2.25. The Labute approximate surface area is 157 Å². The molecule has 1 fully saturated rings. The lowest BCUT2D eigenvalue weighted by atomic mass is 10.0. The van der Waals surface area contributed by atoms with Gasteiger partial charge in [-0.3, -0.25) is 9.69 Å². The summed E-state index contributed by atoms with van der Waals surface area (Å²) in [6, 6.07) is 8.86. The number of carbonyl (C=O) groups is 1. The van der Waals surface area contributed by atoms with Crippen molar-refractivity contribution < 1.29 is 4.79 Å². The Bertz CT molecular complexity index is 675. The molecular weight excluding hydrogens is 352 g/mol. The van der Waals surface area contributed by atoms with E-state index >= 15 is 0 Å². The van der Waals surface area contributed by atoms with E-state index in [1.54, 1.807) is 5.51 Å². The fourth-order valence-electron chi connectivity index (χ4n) is 2.98. The van der Waals surface area contributed by atoms with Gasteiger partial charge >= 0.3 is 0 Å². The minimum absolute atomic E-state index is 0.0161. The van der Waals surface area contributed by atoms with Crippen LogP contribution >= 0.6 is 23.1 Å². The second-order valence-electron chi connectivity index (χ2n) is 6.47. The third-order valence-corrected chi connectivity index (χ3v) is 6.45. The molecule has 0 bridgehead atoms. The minimum Gasteiger partial charge on any atom is -0.325 e. The van der Waals surface area contributed by atoms with Crippen molar-refractivity contribution in [2.75, 3.05) is 11.9 Å². The number of nitrogens with zero attached hydrogens (tertiary/aromatic N) is 3. The molecule has 2 heterocycles. The van der Waals surface area contributed by atoms with Crippen LogP contribution in [0.2, 0.25) is 0 Å². The zero-order valence-electron chi connectivity index (χ0n) is 14.6. The third kappa shape index (κ3) is 5.26. The molecule has 1 aliphatic heterocycles. The number of aromatic nitrogens is 2. The van der Waals surface area contributed by atoms with Crippen LogP contribution in [0.3, 0.4) is 0 Å². The molecule has 1 saturated heterocycles. The lowest BCUT2D eigenvalue weighted by Gasteiger charge is -2.33. The van der Waals surface area contributed by atoms with Crippen LogP contribution in [-0.4, -0.2) is 38.8 Å². The van der Waals surface area contributed by atoms with E-state index in [0.29, 0.717) is 6.04 Å². The first-order valence-corrected chi connectivity index (χ1v) is 10.4. The molecule has 1 amide bonds. The zero-order valence-corrected chi connectivity index (χ0v) is 16.3. The smallest absolute Gasteiger partial charge is 0.237 e. The maximum Gasteiger partial charge on any atom is 0.237 e. The number of piperidine rings is 1. The Balaban J connectivity index is 1.52. The number of amides is 1. The normalized spacial score (nSPS) is 19.5. The highest BCUT2D eigenvalue weighted by atomic mass is 32.2. The Morgan fingerprint density at radius 3 is 2.88 bits per heavy atom. The van der Waals surface area contributed by atoms with E-state index in [1.807, 2.05) is 19.1 Å². The Morgan fingerprint density at radius 1 is 1.40 bits per heavy atom.